The lowest BCUT2D eigenvalue weighted by atomic mass is 10.1. The molecule has 11 heteroatoms. The van der Waals surface area contributed by atoms with Crippen LogP contribution in [0.5, 0.6) is 0 Å². The number of hydrogen-bond acceptors (Lipinski definition) is 7. The largest absolute Gasteiger partial charge is 0.466 e. The molecule has 0 N–H and O–H groups in total. The second-order valence-electron chi connectivity index (χ2n) is 5.42. The van der Waals surface area contributed by atoms with Gasteiger partial charge < -0.3 is 14.2 Å². The second-order valence-corrected chi connectivity index (χ2v) is 5.42. The molecule has 1 fully saturated rings. The molecule has 1 aromatic heterocycles. The van der Waals surface area contributed by atoms with Crippen molar-refractivity contribution >= 4 is 12.2 Å². The Labute approximate surface area is 148 Å². The van der Waals surface area contributed by atoms with Gasteiger partial charge in [0.25, 0.3) is 5.56 Å². The van der Waals surface area contributed by atoms with Crippen LogP contribution in [0.4, 0.5) is 0 Å². The van der Waals surface area contributed by atoms with Crippen LogP contribution >= 0.6 is 0 Å². The lowest BCUT2D eigenvalue weighted by Crippen LogP contribution is -2.41. The van der Waals surface area contributed by atoms with E-state index in [0.717, 1.165) is 27.5 Å². The fraction of sp³-hybridized carbons (Fsp3) is 0.533. The Morgan fingerprint density at radius 3 is 2.77 bits per heavy atom. The lowest BCUT2D eigenvalue weighted by Gasteiger charge is -2.21. The van der Waals surface area contributed by atoms with Gasteiger partial charge in [0, 0.05) is 36.6 Å². The van der Waals surface area contributed by atoms with Gasteiger partial charge >= 0.3 is 11.7 Å². The summed E-state index contributed by atoms with van der Waals surface area (Å²) in [6.07, 6.45) is 1.72. The highest BCUT2D eigenvalue weighted by Gasteiger charge is 2.45. The third kappa shape index (κ3) is 3.69. The number of rotatable bonds is 6. The zero-order chi connectivity index (χ0) is 19.3. The lowest BCUT2D eigenvalue weighted by molar-refractivity contribution is -0.134. The molecule has 1 saturated heterocycles. The Hall–Kier alpha value is -2.88. The highest BCUT2D eigenvalue weighted by atomic mass is 16.6. The summed E-state index contributed by atoms with van der Waals surface area (Å²) < 4.78 is 17.6. The predicted octanol–water partition coefficient (Wildman–Crippen LogP) is 0.655. The van der Waals surface area contributed by atoms with Crippen LogP contribution in [0.15, 0.2) is 33.0 Å². The van der Waals surface area contributed by atoms with Crippen LogP contribution < -0.4 is 11.2 Å². The van der Waals surface area contributed by atoms with E-state index in [4.69, 9.17) is 15.0 Å². The summed E-state index contributed by atoms with van der Waals surface area (Å²) in [5, 5.41) is 3.72. The van der Waals surface area contributed by atoms with Gasteiger partial charge in [-0.3, -0.25) is 9.36 Å². The fourth-order valence-electron chi connectivity index (χ4n) is 2.78. The molecular formula is C15H19N5O6. The van der Waals surface area contributed by atoms with Crippen molar-refractivity contribution in [1.29, 1.82) is 0 Å². The van der Waals surface area contributed by atoms with E-state index in [2.05, 4.69) is 14.8 Å². The van der Waals surface area contributed by atoms with E-state index in [-0.39, 0.29) is 0 Å². The summed E-state index contributed by atoms with van der Waals surface area (Å²) in [6, 6.07) is 0.527. The first-order valence-corrected chi connectivity index (χ1v) is 7.80. The number of azide groups is 1. The molecule has 1 aliphatic rings. The first-order chi connectivity index (χ1) is 12.5. The van der Waals surface area contributed by atoms with Crippen molar-refractivity contribution in [3.8, 4) is 0 Å². The van der Waals surface area contributed by atoms with Gasteiger partial charge in [0.05, 0.1) is 19.3 Å². The van der Waals surface area contributed by atoms with E-state index in [0.29, 0.717) is 6.42 Å². The summed E-state index contributed by atoms with van der Waals surface area (Å²) in [6.45, 7) is 1.85. The molecule has 2 rings (SSSR count). The molecule has 26 heavy (non-hydrogen) atoms. The Kier molecular flexibility index (Phi) is 6.34. The first-order valence-electron chi connectivity index (χ1n) is 7.80. The Morgan fingerprint density at radius 2 is 2.19 bits per heavy atom. The average molecular weight is 365 g/mol. The summed E-state index contributed by atoms with van der Waals surface area (Å²) in [7, 11) is 2.59. The van der Waals surface area contributed by atoms with Crippen LogP contribution in [0, 0.1) is 0 Å². The van der Waals surface area contributed by atoms with Crippen LogP contribution in [0.2, 0.25) is 0 Å². The molecular weight excluding hydrogens is 346 g/mol. The summed E-state index contributed by atoms with van der Waals surface area (Å²) in [5.74, 6) is -0.715. The highest BCUT2D eigenvalue weighted by Crippen LogP contribution is 2.34. The molecule has 1 aliphatic heterocycles. The zero-order valence-electron chi connectivity index (χ0n) is 14.5. The van der Waals surface area contributed by atoms with Crippen LogP contribution in [0.1, 0.15) is 19.6 Å². The summed E-state index contributed by atoms with van der Waals surface area (Å²) >= 11 is 0. The molecule has 0 aliphatic carbocycles. The number of esters is 1. The van der Waals surface area contributed by atoms with Gasteiger partial charge in [0.1, 0.15) is 6.10 Å². The smallest absolute Gasteiger partial charge is 0.337 e. The molecule has 140 valence electrons. The minimum absolute atomic E-state index is 0.446. The average Bonchev–Trinajstić information content (AvgIpc) is 2.99. The first kappa shape index (κ1) is 19.4. The molecule has 2 heterocycles. The van der Waals surface area contributed by atoms with Crippen LogP contribution in [0.25, 0.3) is 16.6 Å². The van der Waals surface area contributed by atoms with Gasteiger partial charge in [0.15, 0.2) is 6.23 Å². The molecule has 0 bridgehead atoms. The third-order valence-electron chi connectivity index (χ3n) is 4.05. The SMILES string of the molecule is CCC1OC(n2ccc(=O)n(/C=C/C(=O)OC)c2=O)C(OC)C1N=[N+]=[N-]. The van der Waals surface area contributed by atoms with E-state index < -0.39 is 41.7 Å². The highest BCUT2D eigenvalue weighted by molar-refractivity contribution is 5.84. The number of aromatic nitrogens is 2. The molecule has 0 radical (unpaired) electrons. The molecule has 0 spiro atoms. The normalized spacial score (nSPS) is 25.2. The van der Waals surface area contributed by atoms with Gasteiger partial charge in [-0.2, -0.15) is 0 Å². The van der Waals surface area contributed by atoms with Crippen molar-refractivity contribution in [2.45, 2.75) is 37.8 Å². The fourth-order valence-corrected chi connectivity index (χ4v) is 2.78. The topological polar surface area (TPSA) is 138 Å². The Balaban J connectivity index is 2.50. The van der Waals surface area contributed by atoms with Crippen LogP contribution in [0.3, 0.4) is 0 Å². The minimum atomic E-state index is -0.897. The maximum Gasteiger partial charge on any atom is 0.337 e. The van der Waals surface area contributed by atoms with Crippen molar-refractivity contribution < 1.29 is 19.0 Å². The van der Waals surface area contributed by atoms with Crippen molar-refractivity contribution in [2.75, 3.05) is 14.2 Å². The van der Waals surface area contributed by atoms with E-state index in [1.807, 2.05) is 6.92 Å². The molecule has 0 aromatic carbocycles. The quantitative estimate of drug-likeness (QED) is 0.239. The minimum Gasteiger partial charge on any atom is -0.466 e. The zero-order valence-corrected chi connectivity index (χ0v) is 14.5. The Morgan fingerprint density at radius 1 is 1.46 bits per heavy atom. The number of hydrogen-bond donors (Lipinski definition) is 0. The van der Waals surface area contributed by atoms with E-state index in [1.54, 1.807) is 0 Å². The van der Waals surface area contributed by atoms with Gasteiger partial charge in [-0.25, -0.2) is 14.2 Å². The molecule has 11 nitrogen and oxygen atoms in total. The molecule has 0 amide bonds. The van der Waals surface area contributed by atoms with E-state index >= 15 is 0 Å². The number of carbonyl (C=O) groups is 1. The van der Waals surface area contributed by atoms with Crippen molar-refractivity contribution in [3.05, 3.63) is 49.6 Å². The Bertz CT molecular complexity index is 853. The number of ether oxygens (including phenoxy) is 3. The molecule has 4 atom stereocenters. The summed E-state index contributed by atoms with van der Waals surface area (Å²) in [4.78, 5) is 38.7. The number of carbonyl (C=O) groups excluding carboxylic acids is 1. The van der Waals surface area contributed by atoms with Gasteiger partial charge in [-0.05, 0) is 12.0 Å². The van der Waals surface area contributed by atoms with Crippen molar-refractivity contribution in [3.63, 3.8) is 0 Å². The van der Waals surface area contributed by atoms with Crippen LogP contribution in [-0.2, 0) is 19.0 Å². The van der Waals surface area contributed by atoms with Crippen LogP contribution in [-0.4, -0.2) is 47.6 Å². The molecule has 4 unspecified atom stereocenters. The molecule has 1 aromatic rings. The summed E-state index contributed by atoms with van der Waals surface area (Å²) in [5.41, 5.74) is 7.41. The molecule has 0 saturated carbocycles. The number of methoxy groups -OCH3 is 2. The third-order valence-corrected chi connectivity index (χ3v) is 4.05. The maximum atomic E-state index is 12.7. The van der Waals surface area contributed by atoms with Crippen molar-refractivity contribution in [1.82, 2.24) is 9.13 Å². The maximum absolute atomic E-state index is 12.7. The van der Waals surface area contributed by atoms with Gasteiger partial charge in [-0.1, -0.05) is 12.0 Å². The van der Waals surface area contributed by atoms with E-state index in [9.17, 15) is 14.4 Å². The van der Waals surface area contributed by atoms with Crippen molar-refractivity contribution in [2.24, 2.45) is 5.11 Å². The predicted molar refractivity (Wildman–Crippen MR) is 90.2 cm³/mol. The van der Waals surface area contributed by atoms with Gasteiger partial charge in [0.2, 0.25) is 0 Å². The second kappa shape index (κ2) is 8.48. The van der Waals surface area contributed by atoms with E-state index in [1.165, 1.54) is 20.4 Å². The monoisotopic (exact) mass is 365 g/mol. The number of nitrogens with zero attached hydrogens (tertiary/aromatic N) is 5. The standard InChI is InChI=1S/C15H19N5O6/c1-4-9-12(17-18-16)13(25-3)14(26-9)20-7-5-10(21)19(15(20)23)8-6-11(22)24-2/h5-9,12-14H,4H2,1-3H3/b8-6+. The van der Waals surface area contributed by atoms with Gasteiger partial charge in [-0.15, -0.1) is 0 Å².